The molecule has 0 aliphatic rings. The lowest BCUT2D eigenvalue weighted by molar-refractivity contribution is -0.145. The van der Waals surface area contributed by atoms with Gasteiger partial charge in [-0.15, -0.1) is 0 Å². The lowest BCUT2D eigenvalue weighted by atomic mass is 10.1. The first kappa shape index (κ1) is 20.6. The molecule has 29 heavy (non-hydrogen) atoms. The predicted octanol–water partition coefficient (Wildman–Crippen LogP) is 4.47. The lowest BCUT2D eigenvalue weighted by Gasteiger charge is -2.09. The molecule has 0 aliphatic carbocycles. The number of halogens is 1. The monoisotopic (exact) mass is 414 g/mol. The zero-order chi connectivity index (χ0) is 21.0. The molecule has 1 heterocycles. The summed E-state index contributed by atoms with van der Waals surface area (Å²) in [5.74, 6) is 0.0588. The van der Waals surface area contributed by atoms with Gasteiger partial charge in [-0.1, -0.05) is 11.6 Å². The quantitative estimate of drug-likeness (QED) is 0.322. The summed E-state index contributed by atoms with van der Waals surface area (Å²) in [7, 11) is 0. The fraction of sp³-hybridized carbons (Fsp3) is 0.227. The molecule has 0 N–H and O–H groups in total. The minimum absolute atomic E-state index is 0.0287. The molecule has 2 aromatic carbocycles. The molecule has 0 amide bonds. The zero-order valence-corrected chi connectivity index (χ0v) is 16.7. The van der Waals surface area contributed by atoms with Gasteiger partial charge in [-0.2, -0.15) is 0 Å². The molecule has 3 aromatic rings. The number of rotatable bonds is 7. The molecule has 0 radical (unpaired) electrons. The third-order valence-corrected chi connectivity index (χ3v) is 4.74. The molecule has 150 valence electrons. The van der Waals surface area contributed by atoms with E-state index in [1.54, 1.807) is 36.4 Å². The van der Waals surface area contributed by atoms with Crippen molar-refractivity contribution in [2.45, 2.75) is 26.9 Å². The first-order chi connectivity index (χ1) is 13.8. The van der Waals surface area contributed by atoms with Crippen LogP contribution in [0.3, 0.4) is 0 Å². The second kappa shape index (κ2) is 8.92. The summed E-state index contributed by atoms with van der Waals surface area (Å²) >= 11 is 6.15. The van der Waals surface area contributed by atoms with Gasteiger partial charge in [0, 0.05) is 27.6 Å². The number of carbonyl (C=O) groups is 2. The molecule has 0 fully saturated rings. The van der Waals surface area contributed by atoms with Crippen molar-refractivity contribution in [3.05, 3.63) is 74.6 Å². The van der Waals surface area contributed by atoms with Crippen molar-refractivity contribution in [2.75, 3.05) is 6.61 Å². The van der Waals surface area contributed by atoms with Gasteiger partial charge >= 0.3 is 11.6 Å². The number of ether oxygens (including phenoxy) is 2. The van der Waals surface area contributed by atoms with E-state index in [-0.39, 0.29) is 25.4 Å². The van der Waals surface area contributed by atoms with Crippen molar-refractivity contribution in [2.24, 2.45) is 0 Å². The van der Waals surface area contributed by atoms with Crippen LogP contribution in [-0.2, 0) is 16.1 Å². The van der Waals surface area contributed by atoms with E-state index in [2.05, 4.69) is 0 Å². The number of ketones is 1. The van der Waals surface area contributed by atoms with Crippen LogP contribution >= 0.6 is 11.6 Å². The average Bonchev–Trinajstić information content (AvgIpc) is 2.68. The Hall–Kier alpha value is -3.12. The smallest absolute Gasteiger partial charge is 0.336 e. The van der Waals surface area contributed by atoms with Gasteiger partial charge in [-0.25, -0.2) is 4.79 Å². The molecule has 3 rings (SSSR count). The van der Waals surface area contributed by atoms with Crippen LogP contribution in [0, 0.1) is 6.92 Å². The molecule has 0 spiro atoms. The zero-order valence-electron chi connectivity index (χ0n) is 16.0. The van der Waals surface area contributed by atoms with Gasteiger partial charge in [0.25, 0.3) is 0 Å². The Bertz CT molecular complexity index is 1110. The minimum Gasteiger partial charge on any atom is -0.493 e. The van der Waals surface area contributed by atoms with E-state index in [1.165, 1.54) is 13.0 Å². The summed E-state index contributed by atoms with van der Waals surface area (Å²) in [6.07, 6.45) is 0.0354. The maximum absolute atomic E-state index is 12.0. The second-order valence-corrected chi connectivity index (χ2v) is 6.94. The summed E-state index contributed by atoms with van der Waals surface area (Å²) in [5.41, 5.74) is 1.76. The van der Waals surface area contributed by atoms with E-state index in [4.69, 9.17) is 25.5 Å². The van der Waals surface area contributed by atoms with Gasteiger partial charge in [0.15, 0.2) is 5.78 Å². The van der Waals surface area contributed by atoms with Crippen molar-refractivity contribution in [1.82, 2.24) is 0 Å². The number of benzene rings is 2. The molecule has 7 heteroatoms. The van der Waals surface area contributed by atoms with Crippen LogP contribution in [0.2, 0.25) is 5.02 Å². The van der Waals surface area contributed by atoms with E-state index >= 15 is 0 Å². The highest BCUT2D eigenvalue weighted by molar-refractivity contribution is 6.32. The lowest BCUT2D eigenvalue weighted by Crippen LogP contribution is -2.11. The number of carbonyl (C=O) groups excluding carboxylic acids is 2. The highest BCUT2D eigenvalue weighted by atomic mass is 35.5. The maximum Gasteiger partial charge on any atom is 0.336 e. The van der Waals surface area contributed by atoms with Gasteiger partial charge in [-0.05, 0) is 55.8 Å². The van der Waals surface area contributed by atoms with E-state index in [0.717, 1.165) is 5.56 Å². The van der Waals surface area contributed by atoms with Gasteiger partial charge in [0.05, 0.1) is 13.0 Å². The molecule has 0 bridgehead atoms. The highest BCUT2D eigenvalue weighted by Gasteiger charge is 2.11. The van der Waals surface area contributed by atoms with Crippen molar-refractivity contribution >= 4 is 34.3 Å². The Balaban J connectivity index is 1.57. The number of hydrogen-bond acceptors (Lipinski definition) is 6. The van der Waals surface area contributed by atoms with E-state index in [9.17, 15) is 14.4 Å². The van der Waals surface area contributed by atoms with Crippen molar-refractivity contribution in [3.63, 3.8) is 0 Å². The SMILES string of the molecule is CC(=O)c1ccc(OCCC(=O)OCc2cc(=O)oc3cc(C)c(Cl)cc23)cc1. The minimum atomic E-state index is -0.525. The normalized spacial score (nSPS) is 10.7. The number of aryl methyl sites for hydroxylation is 1. The van der Waals surface area contributed by atoms with E-state index in [0.29, 0.717) is 32.9 Å². The summed E-state index contributed by atoms with van der Waals surface area (Å²) in [6.45, 7) is 3.34. The number of fused-ring (bicyclic) bond motifs is 1. The van der Waals surface area contributed by atoms with Gasteiger partial charge < -0.3 is 13.9 Å². The van der Waals surface area contributed by atoms with Crippen molar-refractivity contribution in [1.29, 1.82) is 0 Å². The molecular formula is C22H19ClO6. The Kier molecular flexibility index (Phi) is 6.34. The molecule has 0 atom stereocenters. The molecule has 0 aliphatic heterocycles. The molecule has 6 nitrogen and oxygen atoms in total. The Morgan fingerprint density at radius 1 is 1.10 bits per heavy atom. The van der Waals surface area contributed by atoms with Crippen molar-refractivity contribution < 1.29 is 23.5 Å². The molecule has 0 unspecified atom stereocenters. The molecule has 0 saturated carbocycles. The van der Waals surface area contributed by atoms with Crippen LogP contribution in [0.1, 0.15) is 34.8 Å². The fourth-order valence-corrected chi connectivity index (χ4v) is 2.90. The summed E-state index contributed by atoms with van der Waals surface area (Å²) < 4.78 is 15.9. The number of hydrogen-bond donors (Lipinski definition) is 0. The molecule has 0 saturated heterocycles. The van der Waals surface area contributed by atoms with Crippen LogP contribution in [0.4, 0.5) is 0 Å². The third kappa shape index (κ3) is 5.23. The molecule has 1 aromatic heterocycles. The third-order valence-electron chi connectivity index (χ3n) is 4.33. The van der Waals surface area contributed by atoms with Crippen LogP contribution < -0.4 is 10.4 Å². The summed E-state index contributed by atoms with van der Waals surface area (Å²) in [4.78, 5) is 35.0. The van der Waals surface area contributed by atoms with Crippen molar-refractivity contribution in [3.8, 4) is 5.75 Å². The number of Topliss-reactive ketones (excluding diaryl/α,β-unsaturated/α-hetero) is 1. The predicted molar refractivity (Wildman–Crippen MR) is 109 cm³/mol. The van der Waals surface area contributed by atoms with E-state index < -0.39 is 11.6 Å². The standard InChI is InChI=1S/C22H19ClO6/c1-13-9-20-18(11-19(13)23)16(10-22(26)29-20)12-28-21(25)7-8-27-17-5-3-15(4-6-17)14(2)24/h3-6,9-11H,7-8,12H2,1-2H3. The highest BCUT2D eigenvalue weighted by Crippen LogP contribution is 2.25. The van der Waals surface area contributed by atoms with Gasteiger partial charge in [-0.3, -0.25) is 9.59 Å². The van der Waals surface area contributed by atoms with Crippen LogP contribution in [0.15, 0.2) is 51.7 Å². The van der Waals surface area contributed by atoms with E-state index in [1.807, 2.05) is 6.92 Å². The first-order valence-electron chi connectivity index (χ1n) is 8.96. The Morgan fingerprint density at radius 3 is 2.52 bits per heavy atom. The van der Waals surface area contributed by atoms with Crippen LogP contribution in [-0.4, -0.2) is 18.4 Å². The van der Waals surface area contributed by atoms with Gasteiger partial charge in [0.1, 0.15) is 17.9 Å². The maximum atomic E-state index is 12.0. The topological polar surface area (TPSA) is 82.8 Å². The summed E-state index contributed by atoms with van der Waals surface area (Å²) in [6, 6.07) is 11.3. The van der Waals surface area contributed by atoms with Crippen LogP contribution in [0.5, 0.6) is 5.75 Å². The number of esters is 1. The first-order valence-corrected chi connectivity index (χ1v) is 9.33. The largest absolute Gasteiger partial charge is 0.493 e. The Labute approximate surface area is 172 Å². The fourth-order valence-electron chi connectivity index (χ4n) is 2.74. The average molecular weight is 415 g/mol. The Morgan fingerprint density at radius 2 is 1.83 bits per heavy atom. The molecular weight excluding hydrogens is 396 g/mol. The second-order valence-electron chi connectivity index (χ2n) is 6.53. The van der Waals surface area contributed by atoms with Crippen LogP contribution in [0.25, 0.3) is 11.0 Å². The van der Waals surface area contributed by atoms with Gasteiger partial charge in [0.2, 0.25) is 0 Å². The summed E-state index contributed by atoms with van der Waals surface area (Å²) in [5, 5.41) is 1.15.